The second-order valence-corrected chi connectivity index (χ2v) is 13.1. The molecule has 0 radical (unpaired) electrons. The summed E-state index contributed by atoms with van der Waals surface area (Å²) in [6.45, 7) is 14.0. The fourth-order valence-corrected chi connectivity index (χ4v) is 4.98. The van der Waals surface area contributed by atoms with Gasteiger partial charge in [0.05, 0.1) is 5.56 Å². The van der Waals surface area contributed by atoms with E-state index in [-0.39, 0.29) is 11.3 Å². The molecular weight excluding hydrogens is 568 g/mol. The number of rotatable bonds is 4. The maximum absolute atomic E-state index is 15.2. The summed E-state index contributed by atoms with van der Waals surface area (Å²) in [4.78, 5) is 40.8. The predicted molar refractivity (Wildman–Crippen MR) is 166 cm³/mol. The van der Waals surface area contributed by atoms with E-state index in [0.717, 1.165) is 11.1 Å². The Hall–Kier alpha value is -4.21. The number of nitrogens with zero attached hydrogens (tertiary/aromatic N) is 2. The number of benzene rings is 2. The number of nitrogens with one attached hydrogen (secondary N) is 1. The molecule has 0 atom stereocenters. The maximum atomic E-state index is 15.2. The van der Waals surface area contributed by atoms with Crippen LogP contribution in [0.5, 0.6) is 0 Å². The zero-order valence-corrected chi connectivity index (χ0v) is 26.5. The molecule has 236 valence electrons. The van der Waals surface area contributed by atoms with Gasteiger partial charge in [0, 0.05) is 37.4 Å². The van der Waals surface area contributed by atoms with E-state index in [1.165, 1.54) is 18.2 Å². The maximum Gasteiger partial charge on any atom is 0.410 e. The predicted octanol–water partition coefficient (Wildman–Crippen LogP) is 7.57. The lowest BCUT2D eigenvalue weighted by molar-refractivity contribution is 0.0260. The molecule has 2 aliphatic rings. The van der Waals surface area contributed by atoms with E-state index in [2.05, 4.69) is 5.32 Å². The minimum atomic E-state index is -0.702. The molecule has 2 aliphatic heterocycles. The summed E-state index contributed by atoms with van der Waals surface area (Å²) in [6.07, 6.45) is 3.82. The first-order valence-corrected chi connectivity index (χ1v) is 14.8. The zero-order valence-electron chi connectivity index (χ0n) is 26.5. The van der Waals surface area contributed by atoms with Crippen molar-refractivity contribution in [2.45, 2.75) is 72.5 Å². The van der Waals surface area contributed by atoms with Crippen molar-refractivity contribution in [1.82, 2.24) is 9.80 Å². The van der Waals surface area contributed by atoms with Gasteiger partial charge >= 0.3 is 12.2 Å². The summed E-state index contributed by atoms with van der Waals surface area (Å²) < 4.78 is 41.2. The van der Waals surface area contributed by atoms with Gasteiger partial charge in [-0.2, -0.15) is 0 Å². The SMILES string of the molecule is Cc1cc(C2=CCN(C(=O)OC(C)(C)C)CC2)c(F)cc1NC(=O)c1ccc(C2=CCN(C(=O)OC(C)(C)C)CC2)cc1F. The third kappa shape index (κ3) is 8.24. The van der Waals surface area contributed by atoms with Crippen molar-refractivity contribution in [2.75, 3.05) is 31.5 Å². The van der Waals surface area contributed by atoms with Gasteiger partial charge in [0.1, 0.15) is 22.8 Å². The minimum Gasteiger partial charge on any atom is -0.444 e. The number of hydrogen-bond donors (Lipinski definition) is 1. The zero-order chi connectivity index (χ0) is 32.4. The molecule has 0 unspecified atom stereocenters. The second kappa shape index (κ2) is 12.8. The molecule has 0 spiro atoms. The van der Waals surface area contributed by atoms with Gasteiger partial charge in [0.25, 0.3) is 5.91 Å². The summed E-state index contributed by atoms with van der Waals surface area (Å²) in [5.74, 6) is -1.92. The first kappa shape index (κ1) is 32.7. The summed E-state index contributed by atoms with van der Waals surface area (Å²) in [5.41, 5.74) is 2.15. The monoisotopic (exact) mass is 609 g/mol. The smallest absolute Gasteiger partial charge is 0.410 e. The van der Waals surface area contributed by atoms with Gasteiger partial charge in [-0.25, -0.2) is 18.4 Å². The van der Waals surface area contributed by atoms with Gasteiger partial charge < -0.3 is 24.6 Å². The number of aryl methyl sites for hydroxylation is 1. The first-order valence-electron chi connectivity index (χ1n) is 14.8. The molecular formula is C34H41F2N3O5. The molecule has 2 aromatic carbocycles. The van der Waals surface area contributed by atoms with Crippen LogP contribution in [0.25, 0.3) is 11.1 Å². The highest BCUT2D eigenvalue weighted by molar-refractivity contribution is 6.05. The molecule has 0 aliphatic carbocycles. The van der Waals surface area contributed by atoms with Crippen molar-refractivity contribution in [1.29, 1.82) is 0 Å². The highest BCUT2D eigenvalue weighted by Gasteiger charge is 2.26. The Kier molecular flexibility index (Phi) is 9.51. The number of halogens is 2. The average Bonchev–Trinajstić information content (AvgIpc) is 2.93. The second-order valence-electron chi connectivity index (χ2n) is 13.1. The van der Waals surface area contributed by atoms with Crippen LogP contribution in [0.1, 0.15) is 81.4 Å². The molecule has 0 aromatic heterocycles. The topological polar surface area (TPSA) is 88.2 Å². The third-order valence-electron chi connectivity index (χ3n) is 7.21. The molecule has 2 heterocycles. The first-order chi connectivity index (χ1) is 20.5. The Bertz CT molecular complexity index is 1520. The van der Waals surface area contributed by atoms with E-state index in [0.29, 0.717) is 55.7 Å². The largest absolute Gasteiger partial charge is 0.444 e. The van der Waals surface area contributed by atoms with Gasteiger partial charge in [-0.3, -0.25) is 4.79 Å². The van der Waals surface area contributed by atoms with E-state index in [1.54, 1.807) is 55.7 Å². The van der Waals surface area contributed by atoms with Crippen LogP contribution in [0, 0.1) is 18.6 Å². The van der Waals surface area contributed by atoms with E-state index >= 15 is 8.78 Å². The number of anilines is 1. The van der Waals surface area contributed by atoms with Crippen LogP contribution < -0.4 is 5.32 Å². The van der Waals surface area contributed by atoms with E-state index in [4.69, 9.17) is 9.47 Å². The van der Waals surface area contributed by atoms with Gasteiger partial charge in [-0.15, -0.1) is 0 Å². The van der Waals surface area contributed by atoms with Crippen molar-refractivity contribution in [3.63, 3.8) is 0 Å². The lowest BCUT2D eigenvalue weighted by atomic mass is 9.96. The highest BCUT2D eigenvalue weighted by Crippen LogP contribution is 2.31. The van der Waals surface area contributed by atoms with Crippen LogP contribution in [0.2, 0.25) is 0 Å². The van der Waals surface area contributed by atoms with E-state index in [1.807, 2.05) is 26.8 Å². The van der Waals surface area contributed by atoms with Gasteiger partial charge in [0.15, 0.2) is 0 Å². The molecule has 0 saturated heterocycles. The number of carbonyl (C=O) groups is 3. The van der Waals surface area contributed by atoms with Gasteiger partial charge in [-0.05, 0) is 108 Å². The standard InChI is InChI=1S/C34H41F2N3O5/c1-21-18-26(23-12-16-39(17-13-23)32(42)44-34(5,6)7)28(36)20-29(21)37-30(40)25-9-8-24(19-27(25)35)22-10-14-38(15-11-22)31(41)43-33(2,3)4/h8-10,12,18-20H,11,13-17H2,1-7H3,(H,37,40). The molecule has 1 N–H and O–H groups in total. The number of amides is 3. The number of ether oxygens (including phenoxy) is 2. The molecule has 8 nitrogen and oxygen atoms in total. The summed E-state index contributed by atoms with van der Waals surface area (Å²) in [6, 6.07) is 7.26. The van der Waals surface area contributed by atoms with Gasteiger partial charge in [-0.1, -0.05) is 18.2 Å². The summed E-state index contributed by atoms with van der Waals surface area (Å²) in [5, 5.41) is 2.64. The molecule has 0 saturated carbocycles. The van der Waals surface area contributed by atoms with Crippen molar-refractivity contribution in [3.05, 3.63) is 76.4 Å². The van der Waals surface area contributed by atoms with Crippen LogP contribution in [0.3, 0.4) is 0 Å². The lowest BCUT2D eigenvalue weighted by Crippen LogP contribution is -2.39. The Balaban J connectivity index is 1.41. The van der Waals surface area contributed by atoms with E-state index in [9.17, 15) is 14.4 Å². The fraction of sp³-hybridized carbons (Fsp3) is 0.441. The van der Waals surface area contributed by atoms with Crippen molar-refractivity contribution in [2.24, 2.45) is 0 Å². The molecule has 0 fully saturated rings. The number of hydrogen-bond acceptors (Lipinski definition) is 5. The van der Waals surface area contributed by atoms with Crippen LogP contribution in [-0.4, -0.2) is 65.3 Å². The van der Waals surface area contributed by atoms with E-state index < -0.39 is 40.9 Å². The number of carbonyl (C=O) groups excluding carboxylic acids is 3. The van der Waals surface area contributed by atoms with Crippen molar-refractivity contribution >= 4 is 34.9 Å². The Labute approximate surface area is 257 Å². The molecule has 3 amide bonds. The van der Waals surface area contributed by atoms with Crippen molar-refractivity contribution in [3.8, 4) is 0 Å². The minimum absolute atomic E-state index is 0.165. The average molecular weight is 610 g/mol. The molecule has 10 heteroatoms. The summed E-state index contributed by atoms with van der Waals surface area (Å²) in [7, 11) is 0. The Morgan fingerprint density at radius 3 is 1.80 bits per heavy atom. The normalized spacial score (nSPS) is 15.8. The molecule has 4 rings (SSSR count). The van der Waals surface area contributed by atoms with Crippen LogP contribution in [0.15, 0.2) is 42.5 Å². The lowest BCUT2D eigenvalue weighted by Gasteiger charge is -2.29. The van der Waals surface area contributed by atoms with Crippen LogP contribution in [-0.2, 0) is 9.47 Å². The fourth-order valence-electron chi connectivity index (χ4n) is 4.98. The Morgan fingerprint density at radius 1 is 0.773 bits per heavy atom. The molecule has 44 heavy (non-hydrogen) atoms. The van der Waals surface area contributed by atoms with Crippen LogP contribution >= 0.6 is 0 Å². The summed E-state index contributed by atoms with van der Waals surface area (Å²) >= 11 is 0. The Morgan fingerprint density at radius 2 is 1.32 bits per heavy atom. The van der Waals surface area contributed by atoms with Gasteiger partial charge in [0.2, 0.25) is 0 Å². The van der Waals surface area contributed by atoms with Crippen molar-refractivity contribution < 1.29 is 32.6 Å². The van der Waals surface area contributed by atoms with Crippen LogP contribution in [0.4, 0.5) is 24.1 Å². The quantitative estimate of drug-likeness (QED) is 0.386. The molecule has 2 aromatic rings. The highest BCUT2D eigenvalue weighted by atomic mass is 19.1. The molecule has 0 bridgehead atoms. The third-order valence-corrected chi connectivity index (χ3v) is 7.21.